The minimum absolute atomic E-state index is 0.204. The molecule has 0 atom stereocenters. The summed E-state index contributed by atoms with van der Waals surface area (Å²) in [6, 6.07) is 10.6. The normalized spacial score (nSPS) is 13.6. The highest BCUT2D eigenvalue weighted by atomic mass is 32.1. The smallest absolute Gasteiger partial charge is 0.271 e. The summed E-state index contributed by atoms with van der Waals surface area (Å²) >= 11 is 1.56. The number of nitrogens with zero attached hydrogens (tertiary/aromatic N) is 5. The van der Waals surface area contributed by atoms with Crippen molar-refractivity contribution in [3.63, 3.8) is 0 Å². The number of aromatic nitrogens is 4. The molecule has 0 aromatic carbocycles. The molecule has 1 amide bonds. The maximum atomic E-state index is 12.3. The van der Waals surface area contributed by atoms with Crippen LogP contribution in [-0.2, 0) is 6.54 Å². The first kappa shape index (κ1) is 18.3. The first-order valence-electron chi connectivity index (χ1n) is 9.20. The zero-order valence-electron chi connectivity index (χ0n) is 15.2. The van der Waals surface area contributed by atoms with Crippen LogP contribution in [0.4, 0.5) is 5.82 Å². The summed E-state index contributed by atoms with van der Waals surface area (Å²) in [6.45, 7) is 2.51. The molecule has 144 valence electrons. The molecule has 3 aromatic heterocycles. The van der Waals surface area contributed by atoms with Gasteiger partial charge in [0.1, 0.15) is 5.69 Å². The standard InChI is InChI=1S/C19H20N6O2S/c26-18-8-6-14(16-4-3-13-28-16)23-25(18)12-9-20-19(27)15-5-7-17(22-21-15)24-10-1-2-11-24/h3-8,13H,1-2,9-12H2,(H,20,27). The zero-order valence-corrected chi connectivity index (χ0v) is 16.1. The highest BCUT2D eigenvalue weighted by Gasteiger charge is 2.15. The molecule has 0 saturated carbocycles. The van der Waals surface area contributed by atoms with E-state index in [2.05, 4.69) is 25.5 Å². The van der Waals surface area contributed by atoms with Crippen LogP contribution in [-0.4, -0.2) is 45.5 Å². The van der Waals surface area contributed by atoms with Gasteiger partial charge in [0.15, 0.2) is 11.5 Å². The van der Waals surface area contributed by atoms with Gasteiger partial charge in [0.25, 0.3) is 11.5 Å². The van der Waals surface area contributed by atoms with Crippen molar-refractivity contribution >= 4 is 23.1 Å². The second-order valence-electron chi connectivity index (χ2n) is 6.48. The van der Waals surface area contributed by atoms with Crippen LogP contribution >= 0.6 is 11.3 Å². The highest BCUT2D eigenvalue weighted by Crippen LogP contribution is 2.21. The van der Waals surface area contributed by atoms with Gasteiger partial charge in [0.2, 0.25) is 0 Å². The molecule has 0 spiro atoms. The van der Waals surface area contributed by atoms with Gasteiger partial charge in [-0.05, 0) is 42.5 Å². The maximum absolute atomic E-state index is 12.3. The average Bonchev–Trinajstić information content (AvgIpc) is 3.44. The van der Waals surface area contributed by atoms with Gasteiger partial charge in [0, 0.05) is 25.7 Å². The molecule has 4 rings (SSSR count). The molecule has 1 N–H and O–H groups in total. The Morgan fingerprint density at radius 3 is 2.68 bits per heavy atom. The third-order valence-corrected chi connectivity index (χ3v) is 5.45. The lowest BCUT2D eigenvalue weighted by molar-refractivity contribution is 0.0946. The van der Waals surface area contributed by atoms with Crippen LogP contribution in [0.3, 0.4) is 0 Å². The fourth-order valence-electron chi connectivity index (χ4n) is 3.09. The second kappa shape index (κ2) is 8.30. The van der Waals surface area contributed by atoms with E-state index >= 15 is 0 Å². The molecule has 0 radical (unpaired) electrons. The Hall–Kier alpha value is -3.07. The van der Waals surface area contributed by atoms with Crippen molar-refractivity contribution in [3.05, 3.63) is 57.8 Å². The predicted molar refractivity (Wildman–Crippen MR) is 108 cm³/mol. The first-order valence-corrected chi connectivity index (χ1v) is 10.1. The summed E-state index contributed by atoms with van der Waals surface area (Å²) in [5.41, 5.74) is 0.796. The Morgan fingerprint density at radius 1 is 1.11 bits per heavy atom. The number of anilines is 1. The Bertz CT molecular complexity index is 994. The molecule has 1 aliphatic rings. The summed E-state index contributed by atoms with van der Waals surface area (Å²) in [5, 5.41) is 17.3. The highest BCUT2D eigenvalue weighted by molar-refractivity contribution is 7.13. The monoisotopic (exact) mass is 396 g/mol. The third kappa shape index (κ3) is 4.09. The van der Waals surface area contributed by atoms with Gasteiger partial charge < -0.3 is 10.2 Å². The van der Waals surface area contributed by atoms with Crippen molar-refractivity contribution in [2.75, 3.05) is 24.5 Å². The summed E-state index contributed by atoms with van der Waals surface area (Å²) in [6.07, 6.45) is 2.32. The van der Waals surface area contributed by atoms with E-state index in [-0.39, 0.29) is 30.2 Å². The van der Waals surface area contributed by atoms with Crippen LogP contribution in [0.2, 0.25) is 0 Å². The fourth-order valence-corrected chi connectivity index (χ4v) is 3.78. The van der Waals surface area contributed by atoms with E-state index < -0.39 is 0 Å². The summed E-state index contributed by atoms with van der Waals surface area (Å²) in [4.78, 5) is 27.4. The van der Waals surface area contributed by atoms with Gasteiger partial charge in [-0.2, -0.15) is 5.10 Å². The van der Waals surface area contributed by atoms with E-state index in [0.29, 0.717) is 0 Å². The number of amides is 1. The van der Waals surface area contributed by atoms with E-state index in [0.717, 1.165) is 42.3 Å². The van der Waals surface area contributed by atoms with Gasteiger partial charge in [0.05, 0.1) is 11.4 Å². The second-order valence-corrected chi connectivity index (χ2v) is 7.43. The summed E-state index contributed by atoms with van der Waals surface area (Å²) in [5.74, 6) is 0.484. The minimum atomic E-state index is -0.317. The molecule has 9 heteroatoms. The quantitative estimate of drug-likeness (QED) is 0.683. The van der Waals surface area contributed by atoms with Crippen molar-refractivity contribution in [1.29, 1.82) is 0 Å². The van der Waals surface area contributed by atoms with Crippen LogP contribution in [0.25, 0.3) is 10.6 Å². The number of hydrogen-bond acceptors (Lipinski definition) is 7. The molecular weight excluding hydrogens is 376 g/mol. The lowest BCUT2D eigenvalue weighted by Crippen LogP contribution is -2.32. The van der Waals surface area contributed by atoms with Crippen molar-refractivity contribution < 1.29 is 4.79 Å². The largest absolute Gasteiger partial charge is 0.355 e. The molecule has 28 heavy (non-hydrogen) atoms. The van der Waals surface area contributed by atoms with Crippen molar-refractivity contribution in [2.24, 2.45) is 0 Å². The van der Waals surface area contributed by atoms with Crippen LogP contribution in [0, 0.1) is 0 Å². The van der Waals surface area contributed by atoms with E-state index in [9.17, 15) is 9.59 Å². The lowest BCUT2D eigenvalue weighted by atomic mass is 10.3. The predicted octanol–water partition coefficient (Wildman–Crippen LogP) is 1.79. The number of carbonyl (C=O) groups is 1. The summed E-state index contributed by atoms with van der Waals surface area (Å²) in [7, 11) is 0. The van der Waals surface area contributed by atoms with Gasteiger partial charge >= 0.3 is 0 Å². The van der Waals surface area contributed by atoms with Gasteiger partial charge in [-0.15, -0.1) is 21.5 Å². The average molecular weight is 396 g/mol. The third-order valence-electron chi connectivity index (χ3n) is 4.56. The topological polar surface area (TPSA) is 93.0 Å². The molecule has 0 aliphatic carbocycles. The Labute approximate surface area is 165 Å². The van der Waals surface area contributed by atoms with Crippen molar-refractivity contribution in [2.45, 2.75) is 19.4 Å². The number of nitrogens with one attached hydrogen (secondary N) is 1. The molecule has 1 fully saturated rings. The molecular formula is C19H20N6O2S. The van der Waals surface area contributed by atoms with E-state index in [4.69, 9.17) is 0 Å². The Morgan fingerprint density at radius 2 is 1.96 bits per heavy atom. The number of rotatable bonds is 6. The van der Waals surface area contributed by atoms with Gasteiger partial charge in [-0.25, -0.2) is 4.68 Å². The Balaban J connectivity index is 1.35. The molecule has 1 aliphatic heterocycles. The van der Waals surface area contributed by atoms with E-state index in [1.165, 1.54) is 10.7 Å². The van der Waals surface area contributed by atoms with Crippen molar-refractivity contribution in [1.82, 2.24) is 25.3 Å². The van der Waals surface area contributed by atoms with Gasteiger partial charge in [-0.1, -0.05) is 6.07 Å². The number of thiophene rings is 1. The van der Waals surface area contributed by atoms with Gasteiger partial charge in [-0.3, -0.25) is 9.59 Å². The molecule has 4 heterocycles. The molecule has 3 aromatic rings. The molecule has 0 unspecified atom stereocenters. The van der Waals surface area contributed by atoms with Crippen molar-refractivity contribution in [3.8, 4) is 10.6 Å². The summed E-state index contributed by atoms with van der Waals surface area (Å²) < 4.78 is 1.36. The SMILES string of the molecule is O=C(NCCn1nc(-c2cccs2)ccc1=O)c1ccc(N2CCCC2)nn1. The first-order chi connectivity index (χ1) is 13.7. The van der Waals surface area contributed by atoms with Crippen LogP contribution in [0.15, 0.2) is 46.6 Å². The fraction of sp³-hybridized carbons (Fsp3) is 0.316. The molecule has 0 bridgehead atoms. The Kier molecular flexibility index (Phi) is 5.43. The van der Waals surface area contributed by atoms with Crippen LogP contribution < -0.4 is 15.8 Å². The zero-order chi connectivity index (χ0) is 19.3. The lowest BCUT2D eigenvalue weighted by Gasteiger charge is -2.15. The minimum Gasteiger partial charge on any atom is -0.355 e. The van der Waals surface area contributed by atoms with Crippen LogP contribution in [0.1, 0.15) is 23.3 Å². The number of hydrogen-bond donors (Lipinski definition) is 1. The molecule has 8 nitrogen and oxygen atoms in total. The van der Waals surface area contributed by atoms with Crippen LogP contribution in [0.5, 0.6) is 0 Å². The maximum Gasteiger partial charge on any atom is 0.271 e. The number of carbonyl (C=O) groups excluding carboxylic acids is 1. The van der Waals surface area contributed by atoms with E-state index in [1.807, 2.05) is 23.6 Å². The molecule has 1 saturated heterocycles. The van der Waals surface area contributed by atoms with E-state index in [1.54, 1.807) is 23.5 Å².